The van der Waals surface area contributed by atoms with Gasteiger partial charge in [0.15, 0.2) is 0 Å². The number of carbonyl (C=O) groups is 1. The lowest BCUT2D eigenvalue weighted by atomic mass is 9.93. The summed E-state index contributed by atoms with van der Waals surface area (Å²) >= 11 is 0. The van der Waals surface area contributed by atoms with Crippen LogP contribution < -0.4 is 0 Å². The molecule has 0 bridgehead atoms. The third kappa shape index (κ3) is 3.23. The molecule has 1 atom stereocenters. The first-order chi connectivity index (χ1) is 8.88. The molecule has 0 spiro atoms. The molecule has 1 aliphatic heterocycles. The molecule has 0 saturated carbocycles. The molecule has 5 nitrogen and oxygen atoms in total. The van der Waals surface area contributed by atoms with Crippen LogP contribution >= 0.6 is 0 Å². The van der Waals surface area contributed by atoms with E-state index in [4.69, 9.17) is 4.52 Å². The van der Waals surface area contributed by atoms with Gasteiger partial charge in [0, 0.05) is 24.6 Å². The van der Waals surface area contributed by atoms with Gasteiger partial charge in [0.25, 0.3) is 0 Å². The Morgan fingerprint density at radius 1 is 1.53 bits per heavy atom. The Hall–Kier alpha value is -1.62. The summed E-state index contributed by atoms with van der Waals surface area (Å²) in [5.74, 6) is 0.0332. The van der Waals surface area contributed by atoms with Gasteiger partial charge in [-0.25, -0.2) is 0 Å². The fraction of sp³-hybridized carbons (Fsp3) is 0.571. The van der Waals surface area contributed by atoms with Gasteiger partial charge in [0.05, 0.1) is 5.69 Å². The van der Waals surface area contributed by atoms with Crippen molar-refractivity contribution in [3.63, 3.8) is 0 Å². The van der Waals surface area contributed by atoms with E-state index in [1.54, 1.807) is 0 Å². The van der Waals surface area contributed by atoms with Gasteiger partial charge in [-0.1, -0.05) is 38.1 Å². The minimum atomic E-state index is -0.788. The molecule has 0 aromatic carbocycles. The zero-order valence-corrected chi connectivity index (χ0v) is 11.6. The van der Waals surface area contributed by atoms with Crippen molar-refractivity contribution in [2.24, 2.45) is 0 Å². The molecule has 19 heavy (non-hydrogen) atoms. The Labute approximate surface area is 112 Å². The van der Waals surface area contributed by atoms with E-state index in [9.17, 15) is 9.90 Å². The van der Waals surface area contributed by atoms with Crippen LogP contribution in [0.1, 0.15) is 38.6 Å². The first-order valence-corrected chi connectivity index (χ1v) is 6.46. The smallest absolute Gasteiger partial charge is 0.321 e. The molecule has 2 heterocycles. The van der Waals surface area contributed by atoms with E-state index in [-0.39, 0.29) is 5.41 Å². The fourth-order valence-electron chi connectivity index (χ4n) is 2.09. The van der Waals surface area contributed by atoms with Gasteiger partial charge in [-0.05, 0) is 6.42 Å². The number of nitrogens with zero attached hydrogens (tertiary/aromatic N) is 2. The summed E-state index contributed by atoms with van der Waals surface area (Å²) in [7, 11) is 0. The number of aliphatic carboxylic acids is 1. The third-order valence-corrected chi connectivity index (χ3v) is 3.26. The predicted molar refractivity (Wildman–Crippen MR) is 70.8 cm³/mol. The van der Waals surface area contributed by atoms with Crippen molar-refractivity contribution in [3.05, 3.63) is 29.7 Å². The topological polar surface area (TPSA) is 66.6 Å². The Morgan fingerprint density at radius 3 is 2.84 bits per heavy atom. The number of carboxylic acids is 1. The summed E-state index contributed by atoms with van der Waals surface area (Å²) in [5.41, 5.74) is 0.700. The molecular formula is C14H20N2O3. The van der Waals surface area contributed by atoms with E-state index < -0.39 is 12.0 Å². The highest BCUT2D eigenvalue weighted by atomic mass is 16.5. The largest absolute Gasteiger partial charge is 0.480 e. The molecule has 1 aromatic rings. The van der Waals surface area contributed by atoms with Crippen LogP contribution in [0.3, 0.4) is 0 Å². The lowest BCUT2D eigenvalue weighted by Crippen LogP contribution is -2.42. The van der Waals surface area contributed by atoms with Crippen LogP contribution in [0.25, 0.3) is 0 Å². The summed E-state index contributed by atoms with van der Waals surface area (Å²) in [6.45, 7) is 7.30. The molecule has 0 fully saturated rings. The van der Waals surface area contributed by atoms with Crippen LogP contribution in [0.2, 0.25) is 0 Å². The highest BCUT2D eigenvalue weighted by molar-refractivity contribution is 5.74. The maximum atomic E-state index is 11.2. The van der Waals surface area contributed by atoms with Crippen LogP contribution in [0.4, 0.5) is 0 Å². The van der Waals surface area contributed by atoms with Crippen molar-refractivity contribution >= 4 is 5.97 Å². The number of hydrogen-bond donors (Lipinski definition) is 1. The SMILES string of the molecule is CC(C)(C)c1cc(CN2CC=CCC2C(=O)O)no1. The van der Waals surface area contributed by atoms with Gasteiger partial charge in [-0.2, -0.15) is 0 Å². The minimum absolute atomic E-state index is 0.0841. The maximum Gasteiger partial charge on any atom is 0.321 e. The van der Waals surface area contributed by atoms with Crippen molar-refractivity contribution in [2.75, 3.05) is 6.54 Å². The first kappa shape index (κ1) is 13.8. The molecule has 0 saturated heterocycles. The summed E-state index contributed by atoms with van der Waals surface area (Å²) in [6, 6.07) is 1.44. The summed E-state index contributed by atoms with van der Waals surface area (Å²) in [6.07, 6.45) is 4.45. The summed E-state index contributed by atoms with van der Waals surface area (Å²) in [4.78, 5) is 13.1. The summed E-state index contributed by atoms with van der Waals surface area (Å²) in [5, 5.41) is 13.2. The van der Waals surface area contributed by atoms with Gasteiger partial charge in [-0.3, -0.25) is 9.69 Å². The van der Waals surface area contributed by atoms with Gasteiger partial charge in [0.2, 0.25) is 0 Å². The minimum Gasteiger partial charge on any atom is -0.480 e. The first-order valence-electron chi connectivity index (χ1n) is 6.46. The van der Waals surface area contributed by atoms with Crippen molar-refractivity contribution < 1.29 is 14.4 Å². The van der Waals surface area contributed by atoms with Crippen LogP contribution in [-0.4, -0.2) is 33.7 Å². The van der Waals surface area contributed by atoms with Crippen LogP contribution in [0.5, 0.6) is 0 Å². The van der Waals surface area contributed by atoms with Gasteiger partial charge in [0.1, 0.15) is 11.8 Å². The lowest BCUT2D eigenvalue weighted by molar-refractivity contribution is -0.143. The second kappa shape index (κ2) is 5.17. The normalized spacial score (nSPS) is 20.7. The standard InChI is InChI=1S/C14H20N2O3/c1-14(2,3)12-8-10(15-19-12)9-16-7-5-4-6-11(16)13(17)18/h4-5,8,11H,6-7,9H2,1-3H3,(H,17,18). The van der Waals surface area contributed by atoms with Gasteiger partial charge in [-0.15, -0.1) is 0 Å². The Balaban J connectivity index is 2.10. The Bertz CT molecular complexity index is 485. The molecule has 1 N–H and O–H groups in total. The van der Waals surface area contributed by atoms with Crippen molar-refractivity contribution in [1.82, 2.24) is 10.1 Å². The Kier molecular flexibility index (Phi) is 3.75. The van der Waals surface area contributed by atoms with Crippen LogP contribution in [0.15, 0.2) is 22.7 Å². The van der Waals surface area contributed by atoms with Crippen LogP contribution in [0, 0.1) is 0 Å². The van der Waals surface area contributed by atoms with E-state index in [1.807, 2.05) is 23.1 Å². The van der Waals surface area contributed by atoms with E-state index in [2.05, 4.69) is 25.9 Å². The van der Waals surface area contributed by atoms with Crippen molar-refractivity contribution in [1.29, 1.82) is 0 Å². The molecule has 1 aliphatic rings. The number of carboxylic acid groups (broad SMARTS) is 1. The van der Waals surface area contributed by atoms with E-state index >= 15 is 0 Å². The molecule has 0 amide bonds. The molecular weight excluding hydrogens is 244 g/mol. The third-order valence-electron chi connectivity index (χ3n) is 3.26. The number of aromatic nitrogens is 1. The fourth-order valence-corrected chi connectivity index (χ4v) is 2.09. The van der Waals surface area contributed by atoms with Crippen molar-refractivity contribution in [2.45, 2.75) is 45.2 Å². The molecule has 5 heteroatoms. The highest BCUT2D eigenvalue weighted by Crippen LogP contribution is 2.24. The van der Waals surface area contributed by atoms with Crippen LogP contribution in [-0.2, 0) is 16.8 Å². The average Bonchev–Trinajstić information content (AvgIpc) is 2.77. The number of rotatable bonds is 3. The average molecular weight is 264 g/mol. The second-order valence-corrected chi connectivity index (χ2v) is 5.92. The molecule has 104 valence electrons. The summed E-state index contributed by atoms with van der Waals surface area (Å²) < 4.78 is 5.32. The second-order valence-electron chi connectivity index (χ2n) is 5.92. The molecule has 1 unspecified atom stereocenters. The zero-order chi connectivity index (χ0) is 14.0. The van der Waals surface area contributed by atoms with Crippen molar-refractivity contribution in [3.8, 4) is 0 Å². The number of hydrogen-bond acceptors (Lipinski definition) is 4. The van der Waals surface area contributed by atoms with E-state index in [0.29, 0.717) is 19.5 Å². The zero-order valence-electron chi connectivity index (χ0n) is 11.6. The molecule has 1 aromatic heterocycles. The Morgan fingerprint density at radius 2 is 2.26 bits per heavy atom. The quantitative estimate of drug-likeness (QED) is 0.848. The lowest BCUT2D eigenvalue weighted by Gasteiger charge is -2.28. The van der Waals surface area contributed by atoms with E-state index in [1.165, 1.54) is 0 Å². The molecule has 0 radical (unpaired) electrons. The van der Waals surface area contributed by atoms with Gasteiger partial charge < -0.3 is 9.63 Å². The maximum absolute atomic E-state index is 11.2. The monoisotopic (exact) mass is 264 g/mol. The predicted octanol–water partition coefficient (Wildman–Crippen LogP) is 2.19. The molecule has 2 rings (SSSR count). The highest BCUT2D eigenvalue weighted by Gasteiger charge is 2.27. The molecule has 0 aliphatic carbocycles. The van der Waals surface area contributed by atoms with Gasteiger partial charge >= 0.3 is 5.97 Å². The van der Waals surface area contributed by atoms with E-state index in [0.717, 1.165) is 11.5 Å².